The van der Waals surface area contributed by atoms with Crippen LogP contribution in [0.25, 0.3) is 5.69 Å². The average Bonchev–Trinajstić information content (AvgIpc) is 2.66. The van der Waals surface area contributed by atoms with E-state index in [0.717, 1.165) is 10.2 Å². The number of aryl methyl sites for hydroxylation is 1. The third-order valence-electron chi connectivity index (χ3n) is 3.08. The van der Waals surface area contributed by atoms with Gasteiger partial charge in [0.15, 0.2) is 0 Å². The van der Waals surface area contributed by atoms with Crippen molar-refractivity contribution in [2.24, 2.45) is 0 Å². The second-order valence-electron chi connectivity index (χ2n) is 4.40. The number of rotatable bonds is 3. The Kier molecular flexibility index (Phi) is 3.91. The second-order valence-corrected chi connectivity index (χ2v) is 5.32. The van der Waals surface area contributed by atoms with Crippen molar-refractivity contribution < 1.29 is 9.90 Å². The van der Waals surface area contributed by atoms with Gasteiger partial charge in [-0.25, -0.2) is 4.68 Å². The molecule has 0 fully saturated rings. The van der Waals surface area contributed by atoms with Crippen molar-refractivity contribution in [2.75, 3.05) is 0 Å². The lowest BCUT2D eigenvalue weighted by molar-refractivity contribution is -0.136. The predicted molar refractivity (Wildman–Crippen MR) is 76.8 cm³/mol. The molecule has 0 aliphatic carbocycles. The molecule has 0 saturated carbocycles. The van der Waals surface area contributed by atoms with E-state index in [4.69, 9.17) is 5.11 Å². The first kappa shape index (κ1) is 14.3. The minimum absolute atomic E-state index is 0.0733. The number of nitriles is 1. The standard InChI is InChI=1S/C14H12BrN3O2/c1-8-12(6-14(19)20)9(2)18(17-8)13-4-3-11(15)5-10(13)7-16/h3-5H,6H2,1-2H3,(H,19,20). The predicted octanol–water partition coefficient (Wildman–Crippen LogP) is 2.75. The van der Waals surface area contributed by atoms with Crippen molar-refractivity contribution in [3.63, 3.8) is 0 Å². The van der Waals surface area contributed by atoms with Crippen molar-refractivity contribution in [1.29, 1.82) is 5.26 Å². The first-order valence-electron chi connectivity index (χ1n) is 5.91. The van der Waals surface area contributed by atoms with Crippen LogP contribution in [0.4, 0.5) is 0 Å². The summed E-state index contributed by atoms with van der Waals surface area (Å²) in [5, 5.41) is 22.5. The van der Waals surface area contributed by atoms with Crippen molar-refractivity contribution in [3.8, 4) is 11.8 Å². The molecule has 6 heteroatoms. The lowest BCUT2D eigenvalue weighted by atomic mass is 10.1. The number of aromatic nitrogens is 2. The molecule has 1 N–H and O–H groups in total. The zero-order valence-corrected chi connectivity index (χ0v) is 12.6. The SMILES string of the molecule is Cc1nn(-c2ccc(Br)cc2C#N)c(C)c1CC(=O)O. The van der Waals surface area contributed by atoms with Crippen LogP contribution in [-0.2, 0) is 11.2 Å². The molecule has 20 heavy (non-hydrogen) atoms. The van der Waals surface area contributed by atoms with Gasteiger partial charge in [0.1, 0.15) is 6.07 Å². The molecule has 0 aliphatic rings. The quantitative estimate of drug-likeness (QED) is 0.936. The molecule has 0 atom stereocenters. The van der Waals surface area contributed by atoms with Gasteiger partial charge < -0.3 is 5.11 Å². The summed E-state index contributed by atoms with van der Waals surface area (Å²) in [6.07, 6.45) is -0.0733. The van der Waals surface area contributed by atoms with Crippen molar-refractivity contribution in [1.82, 2.24) is 9.78 Å². The van der Waals surface area contributed by atoms with E-state index in [9.17, 15) is 10.1 Å². The van der Waals surface area contributed by atoms with Crippen molar-refractivity contribution in [3.05, 3.63) is 45.2 Å². The van der Waals surface area contributed by atoms with Crippen LogP contribution in [0.2, 0.25) is 0 Å². The highest BCUT2D eigenvalue weighted by atomic mass is 79.9. The van der Waals surface area contributed by atoms with Gasteiger partial charge in [0.05, 0.1) is 23.4 Å². The number of halogens is 1. The van der Waals surface area contributed by atoms with E-state index in [1.165, 1.54) is 0 Å². The van der Waals surface area contributed by atoms with Gasteiger partial charge in [-0.15, -0.1) is 0 Å². The van der Waals surface area contributed by atoms with Crippen LogP contribution in [-0.4, -0.2) is 20.9 Å². The third kappa shape index (κ3) is 2.58. The number of hydrogen-bond donors (Lipinski definition) is 1. The van der Waals surface area contributed by atoms with Gasteiger partial charge in [0.2, 0.25) is 0 Å². The van der Waals surface area contributed by atoms with Gasteiger partial charge in [-0.2, -0.15) is 10.4 Å². The Balaban J connectivity index is 2.60. The van der Waals surface area contributed by atoms with E-state index in [1.54, 1.807) is 23.7 Å². The number of carboxylic acid groups (broad SMARTS) is 1. The van der Waals surface area contributed by atoms with E-state index < -0.39 is 5.97 Å². The smallest absolute Gasteiger partial charge is 0.307 e. The number of carboxylic acids is 1. The maximum Gasteiger partial charge on any atom is 0.307 e. The van der Waals surface area contributed by atoms with E-state index in [2.05, 4.69) is 27.1 Å². The summed E-state index contributed by atoms with van der Waals surface area (Å²) in [6, 6.07) is 7.44. The molecule has 0 radical (unpaired) electrons. The highest BCUT2D eigenvalue weighted by Crippen LogP contribution is 2.23. The summed E-state index contributed by atoms with van der Waals surface area (Å²) in [5.41, 5.74) is 3.21. The molecule has 1 aromatic heterocycles. The Labute approximate surface area is 124 Å². The van der Waals surface area contributed by atoms with Crippen LogP contribution in [0.1, 0.15) is 22.5 Å². The highest BCUT2D eigenvalue weighted by Gasteiger charge is 2.17. The van der Waals surface area contributed by atoms with Crippen LogP contribution in [0.5, 0.6) is 0 Å². The normalized spacial score (nSPS) is 10.3. The van der Waals surface area contributed by atoms with Gasteiger partial charge >= 0.3 is 5.97 Å². The molecule has 5 nitrogen and oxygen atoms in total. The van der Waals surface area contributed by atoms with Gasteiger partial charge in [-0.1, -0.05) is 15.9 Å². The maximum absolute atomic E-state index is 10.9. The molecule has 102 valence electrons. The molecule has 0 unspecified atom stereocenters. The van der Waals surface area contributed by atoms with Gasteiger partial charge in [-0.3, -0.25) is 4.79 Å². The first-order valence-corrected chi connectivity index (χ1v) is 6.70. The zero-order valence-electron chi connectivity index (χ0n) is 11.0. The fourth-order valence-electron chi connectivity index (χ4n) is 2.10. The fourth-order valence-corrected chi connectivity index (χ4v) is 2.46. The van der Waals surface area contributed by atoms with Crippen LogP contribution in [0.15, 0.2) is 22.7 Å². The van der Waals surface area contributed by atoms with E-state index in [-0.39, 0.29) is 6.42 Å². The maximum atomic E-state index is 10.9. The van der Waals surface area contributed by atoms with E-state index in [0.29, 0.717) is 22.5 Å². The molecule has 1 aromatic carbocycles. The second kappa shape index (κ2) is 5.47. The number of carbonyl (C=O) groups is 1. The zero-order chi connectivity index (χ0) is 14.9. The third-order valence-corrected chi connectivity index (χ3v) is 3.57. The molecular formula is C14H12BrN3O2. The molecule has 1 heterocycles. The number of hydrogen-bond acceptors (Lipinski definition) is 3. The molecular weight excluding hydrogens is 322 g/mol. The van der Waals surface area contributed by atoms with Crippen molar-refractivity contribution in [2.45, 2.75) is 20.3 Å². The lowest BCUT2D eigenvalue weighted by Crippen LogP contribution is -2.04. The van der Waals surface area contributed by atoms with Gasteiger partial charge in [-0.05, 0) is 32.0 Å². The Morgan fingerprint density at radius 2 is 2.20 bits per heavy atom. The summed E-state index contributed by atoms with van der Waals surface area (Å²) in [5.74, 6) is -0.896. The highest BCUT2D eigenvalue weighted by molar-refractivity contribution is 9.10. The summed E-state index contributed by atoms with van der Waals surface area (Å²) in [4.78, 5) is 10.9. The van der Waals surface area contributed by atoms with Crippen LogP contribution < -0.4 is 0 Å². The summed E-state index contributed by atoms with van der Waals surface area (Å²) >= 11 is 3.32. The van der Waals surface area contributed by atoms with E-state index in [1.807, 2.05) is 13.0 Å². The van der Waals surface area contributed by atoms with Crippen molar-refractivity contribution >= 4 is 21.9 Å². The topological polar surface area (TPSA) is 78.9 Å². The number of nitrogens with zero attached hydrogens (tertiary/aromatic N) is 3. The molecule has 0 aliphatic heterocycles. The monoisotopic (exact) mass is 333 g/mol. The molecule has 0 bridgehead atoms. The Morgan fingerprint density at radius 3 is 2.80 bits per heavy atom. The molecule has 2 aromatic rings. The molecule has 0 saturated heterocycles. The number of aliphatic carboxylic acids is 1. The Bertz CT molecular complexity index is 729. The van der Waals surface area contributed by atoms with Crippen LogP contribution in [0.3, 0.4) is 0 Å². The minimum atomic E-state index is -0.896. The van der Waals surface area contributed by atoms with E-state index >= 15 is 0 Å². The van der Waals surface area contributed by atoms with Crippen LogP contribution >= 0.6 is 15.9 Å². The fraction of sp³-hybridized carbons (Fsp3) is 0.214. The summed E-state index contributed by atoms with van der Waals surface area (Å²) < 4.78 is 2.43. The molecule has 0 spiro atoms. The Hall–Kier alpha value is -2.13. The minimum Gasteiger partial charge on any atom is -0.481 e. The molecule has 0 amide bonds. The lowest BCUT2D eigenvalue weighted by Gasteiger charge is -2.07. The first-order chi connectivity index (χ1) is 9.43. The summed E-state index contributed by atoms with van der Waals surface area (Å²) in [6.45, 7) is 3.58. The molecule has 2 rings (SSSR count). The Morgan fingerprint density at radius 1 is 1.50 bits per heavy atom. The average molecular weight is 334 g/mol. The summed E-state index contributed by atoms with van der Waals surface area (Å²) in [7, 11) is 0. The van der Waals surface area contributed by atoms with Gasteiger partial charge in [0, 0.05) is 15.7 Å². The largest absolute Gasteiger partial charge is 0.481 e. The van der Waals surface area contributed by atoms with Gasteiger partial charge in [0.25, 0.3) is 0 Å². The number of benzene rings is 1. The van der Waals surface area contributed by atoms with Crippen LogP contribution in [0, 0.1) is 25.2 Å².